The molecule has 0 spiro atoms. The van der Waals surface area contributed by atoms with Crippen molar-refractivity contribution in [3.63, 3.8) is 0 Å². The molecule has 1 fully saturated rings. The Morgan fingerprint density at radius 3 is 2.55 bits per heavy atom. The number of imide groups is 1. The summed E-state index contributed by atoms with van der Waals surface area (Å²) in [5.41, 5.74) is 2.97. The summed E-state index contributed by atoms with van der Waals surface area (Å²) < 4.78 is 5.53. The molecule has 2 atom stereocenters. The third-order valence-electron chi connectivity index (χ3n) is 5.57. The second-order valence-electron chi connectivity index (χ2n) is 8.04. The zero-order valence-corrected chi connectivity index (χ0v) is 16.8. The Balaban J connectivity index is 1.54. The fourth-order valence-electron chi connectivity index (χ4n) is 3.92. The van der Waals surface area contributed by atoms with E-state index in [-0.39, 0.29) is 0 Å². The summed E-state index contributed by atoms with van der Waals surface area (Å²) in [5.74, 6) is -0.408. The third-order valence-corrected chi connectivity index (χ3v) is 5.57. The smallest absolute Gasteiger partial charge is 0.417 e. The molecule has 0 N–H and O–H groups in total. The molecule has 150 valence electrons. The van der Waals surface area contributed by atoms with Crippen molar-refractivity contribution >= 4 is 17.7 Å². The normalized spacial score (nSPS) is 22.8. The van der Waals surface area contributed by atoms with Crippen LogP contribution >= 0.6 is 0 Å². The summed E-state index contributed by atoms with van der Waals surface area (Å²) in [4.78, 5) is 32.5. The molecule has 2 aliphatic rings. The van der Waals surface area contributed by atoms with Crippen molar-refractivity contribution in [2.45, 2.75) is 51.4 Å². The van der Waals surface area contributed by atoms with Crippen LogP contribution in [0.4, 0.5) is 4.79 Å². The lowest BCUT2D eigenvalue weighted by atomic mass is 9.91. The number of carbonyl (C=O) groups is 2. The van der Waals surface area contributed by atoms with Gasteiger partial charge in [0, 0.05) is 12.0 Å². The first-order valence-electron chi connectivity index (χ1n) is 9.75. The van der Waals surface area contributed by atoms with E-state index in [1.165, 1.54) is 4.90 Å². The highest BCUT2D eigenvalue weighted by Crippen LogP contribution is 2.33. The summed E-state index contributed by atoms with van der Waals surface area (Å²) in [6, 6.07) is 17.2. The second-order valence-corrected chi connectivity index (χ2v) is 8.04. The molecule has 2 aromatic rings. The van der Waals surface area contributed by atoms with Crippen LogP contribution in [0.2, 0.25) is 0 Å². The number of nitrogens with zero attached hydrogens (tertiary/aromatic N) is 2. The molecule has 0 aromatic heterocycles. The zero-order valence-electron chi connectivity index (χ0n) is 16.8. The third kappa shape index (κ3) is 3.62. The van der Waals surface area contributed by atoms with E-state index < -0.39 is 29.7 Å². The number of carbonyl (C=O) groups excluding carboxylic acids is 2. The molecule has 6 heteroatoms. The van der Waals surface area contributed by atoms with Gasteiger partial charge in [-0.25, -0.2) is 9.69 Å². The molecule has 0 unspecified atom stereocenters. The Kier molecular flexibility index (Phi) is 4.86. The minimum Gasteiger partial charge on any atom is -0.441 e. The summed E-state index contributed by atoms with van der Waals surface area (Å²) >= 11 is 0. The van der Waals surface area contributed by atoms with Crippen LogP contribution in [0.15, 0.2) is 59.8 Å². The van der Waals surface area contributed by atoms with E-state index in [9.17, 15) is 9.59 Å². The summed E-state index contributed by atoms with van der Waals surface area (Å²) in [7, 11) is 0. The minimum absolute atomic E-state index is 0.325. The first kappa shape index (κ1) is 19.2. The number of rotatable bonds is 4. The largest absolute Gasteiger partial charge is 0.441 e. The molecule has 2 heterocycles. The van der Waals surface area contributed by atoms with Crippen molar-refractivity contribution in [3.8, 4) is 0 Å². The number of amides is 2. The summed E-state index contributed by atoms with van der Waals surface area (Å²) in [5, 5.41) is 4.13. The van der Waals surface area contributed by atoms with Crippen molar-refractivity contribution < 1.29 is 19.2 Å². The van der Waals surface area contributed by atoms with Crippen LogP contribution in [-0.4, -0.2) is 40.4 Å². The molecular weight excluding hydrogens is 368 g/mol. The quantitative estimate of drug-likeness (QED) is 0.792. The number of ether oxygens (including phenoxy) is 1. The average molecular weight is 392 g/mol. The van der Waals surface area contributed by atoms with Gasteiger partial charge in [0.05, 0.1) is 11.8 Å². The highest BCUT2D eigenvalue weighted by molar-refractivity contribution is 6.06. The van der Waals surface area contributed by atoms with Crippen molar-refractivity contribution in [2.75, 3.05) is 0 Å². The first-order chi connectivity index (χ1) is 13.9. The highest BCUT2D eigenvalue weighted by atomic mass is 16.6. The Morgan fingerprint density at radius 1 is 1.14 bits per heavy atom. The molecule has 6 nitrogen and oxygen atoms in total. The summed E-state index contributed by atoms with van der Waals surface area (Å²) in [6.45, 7) is 5.65. The van der Waals surface area contributed by atoms with E-state index in [0.29, 0.717) is 18.6 Å². The maximum atomic E-state index is 13.2. The zero-order chi connectivity index (χ0) is 20.6. The Morgan fingerprint density at radius 2 is 1.83 bits per heavy atom. The fourth-order valence-corrected chi connectivity index (χ4v) is 3.92. The van der Waals surface area contributed by atoms with E-state index in [4.69, 9.17) is 9.57 Å². The number of cyclic esters (lactones) is 1. The monoisotopic (exact) mass is 392 g/mol. The van der Waals surface area contributed by atoms with Crippen LogP contribution in [-0.2, 0) is 20.8 Å². The first-order valence-corrected chi connectivity index (χ1v) is 9.75. The van der Waals surface area contributed by atoms with E-state index in [1.807, 2.05) is 75.4 Å². The average Bonchev–Trinajstić information content (AvgIpc) is 3.25. The van der Waals surface area contributed by atoms with Gasteiger partial charge in [-0.15, -0.1) is 0 Å². The molecule has 1 saturated heterocycles. The highest BCUT2D eigenvalue weighted by Gasteiger charge is 2.52. The molecule has 29 heavy (non-hydrogen) atoms. The number of oxime groups is 1. The lowest BCUT2D eigenvalue weighted by molar-refractivity contribution is -0.140. The number of hydrogen-bond acceptors (Lipinski definition) is 5. The lowest BCUT2D eigenvalue weighted by Gasteiger charge is -2.28. The molecule has 2 aromatic carbocycles. The maximum absolute atomic E-state index is 13.2. The lowest BCUT2D eigenvalue weighted by Crippen LogP contribution is -2.49. The number of benzene rings is 2. The van der Waals surface area contributed by atoms with E-state index in [2.05, 4.69) is 5.16 Å². The van der Waals surface area contributed by atoms with Gasteiger partial charge in [-0.3, -0.25) is 4.79 Å². The Bertz CT molecular complexity index is 968. The number of aryl methyl sites for hydroxylation is 1. The van der Waals surface area contributed by atoms with Gasteiger partial charge in [0.2, 0.25) is 6.10 Å². The predicted molar refractivity (Wildman–Crippen MR) is 109 cm³/mol. The molecule has 0 aliphatic carbocycles. The van der Waals surface area contributed by atoms with Crippen molar-refractivity contribution in [1.29, 1.82) is 0 Å². The predicted octanol–water partition coefficient (Wildman–Crippen LogP) is 3.86. The van der Waals surface area contributed by atoms with Gasteiger partial charge in [0.1, 0.15) is 5.60 Å². The van der Waals surface area contributed by atoms with Gasteiger partial charge >= 0.3 is 6.09 Å². The minimum atomic E-state index is -0.829. The van der Waals surface area contributed by atoms with Gasteiger partial charge in [-0.2, -0.15) is 0 Å². The Labute approximate surface area is 170 Å². The number of hydrogen-bond donors (Lipinski definition) is 0. The molecule has 2 aliphatic heterocycles. The maximum Gasteiger partial charge on any atom is 0.417 e. The summed E-state index contributed by atoms with van der Waals surface area (Å²) in [6.07, 6.45) is -0.617. The Hall–Kier alpha value is -3.15. The standard InChI is InChI=1S/C23H24N2O4/c1-15-9-7-8-12-17(15)18-14-19(29-24-18)21(26)25-20(23(2,3)28-22(25)27)13-16-10-5-4-6-11-16/h4-12,19-20H,13-14H2,1-3H3/t19-,20-/m0/s1. The van der Waals surface area contributed by atoms with E-state index >= 15 is 0 Å². The molecule has 0 saturated carbocycles. The van der Waals surface area contributed by atoms with Crippen LogP contribution < -0.4 is 0 Å². The van der Waals surface area contributed by atoms with Gasteiger partial charge in [-0.05, 0) is 38.3 Å². The fraction of sp³-hybridized carbons (Fsp3) is 0.348. The van der Waals surface area contributed by atoms with Gasteiger partial charge in [-0.1, -0.05) is 59.8 Å². The van der Waals surface area contributed by atoms with Crippen molar-refractivity contribution in [2.24, 2.45) is 5.16 Å². The van der Waals surface area contributed by atoms with Crippen molar-refractivity contribution in [1.82, 2.24) is 4.90 Å². The molecule has 2 amide bonds. The second kappa shape index (κ2) is 7.35. The molecule has 4 rings (SSSR count). The van der Waals surface area contributed by atoms with E-state index in [1.54, 1.807) is 0 Å². The topological polar surface area (TPSA) is 68.2 Å². The van der Waals surface area contributed by atoms with Gasteiger partial charge in [0.15, 0.2) is 0 Å². The van der Waals surface area contributed by atoms with Crippen LogP contribution in [0.5, 0.6) is 0 Å². The SMILES string of the molecule is Cc1ccccc1C1=NO[C@H](C(=O)N2C(=O)OC(C)(C)[C@@H]2Cc2ccccc2)C1. The van der Waals surface area contributed by atoms with Crippen molar-refractivity contribution in [3.05, 3.63) is 71.3 Å². The molecule has 0 radical (unpaired) electrons. The van der Waals surface area contributed by atoms with Crippen LogP contribution in [0.25, 0.3) is 0 Å². The van der Waals surface area contributed by atoms with Gasteiger partial charge in [0.25, 0.3) is 5.91 Å². The molecule has 0 bridgehead atoms. The van der Waals surface area contributed by atoms with Crippen LogP contribution in [0.1, 0.15) is 37.0 Å². The van der Waals surface area contributed by atoms with Crippen LogP contribution in [0.3, 0.4) is 0 Å². The molecular formula is C23H24N2O4. The van der Waals surface area contributed by atoms with Crippen LogP contribution in [0, 0.1) is 6.92 Å². The van der Waals surface area contributed by atoms with Gasteiger partial charge < -0.3 is 9.57 Å². The van der Waals surface area contributed by atoms with E-state index in [0.717, 1.165) is 16.7 Å².